The number of fused-ring (bicyclic) bond motifs is 1. The molecule has 9 nitrogen and oxygen atoms in total. The predicted molar refractivity (Wildman–Crippen MR) is 147 cm³/mol. The number of ether oxygens (including phenoxy) is 4. The van der Waals surface area contributed by atoms with Crippen LogP contribution in [0.1, 0.15) is 51.8 Å². The van der Waals surface area contributed by atoms with Crippen LogP contribution in [-0.2, 0) is 14.3 Å². The Bertz CT molecular complexity index is 1610. The molecular weight excluding hydrogens is 520 g/mol. The lowest BCUT2D eigenvalue weighted by molar-refractivity contribution is -0.143. The minimum absolute atomic E-state index is 0.298. The van der Waals surface area contributed by atoms with Gasteiger partial charge in [-0.2, -0.15) is 0 Å². The molecule has 10 heteroatoms. The zero-order chi connectivity index (χ0) is 28.3. The summed E-state index contributed by atoms with van der Waals surface area (Å²) >= 11 is 1.22. The zero-order valence-electron chi connectivity index (χ0n) is 22.6. The van der Waals surface area contributed by atoms with E-state index in [1.165, 1.54) is 22.8 Å². The summed E-state index contributed by atoms with van der Waals surface area (Å²) in [5, 5.41) is 0. The van der Waals surface area contributed by atoms with Crippen molar-refractivity contribution in [2.24, 2.45) is 4.99 Å². The summed E-state index contributed by atoms with van der Waals surface area (Å²) in [5.74, 6) is 0.355. The number of carbonyl (C=O) groups is 2. The monoisotopic (exact) mass is 550 g/mol. The van der Waals surface area contributed by atoms with E-state index in [4.69, 9.17) is 18.9 Å². The molecule has 0 fully saturated rings. The molecule has 1 aliphatic heterocycles. The van der Waals surface area contributed by atoms with Gasteiger partial charge in [0.25, 0.3) is 5.56 Å². The van der Waals surface area contributed by atoms with Crippen LogP contribution in [0.25, 0.3) is 6.08 Å². The van der Waals surface area contributed by atoms with Crippen LogP contribution < -0.4 is 29.1 Å². The van der Waals surface area contributed by atoms with Crippen molar-refractivity contribution in [1.29, 1.82) is 0 Å². The second-order valence-electron chi connectivity index (χ2n) is 9.04. The Morgan fingerprint density at radius 2 is 1.85 bits per heavy atom. The molecule has 0 spiro atoms. The molecule has 2 heterocycles. The van der Waals surface area contributed by atoms with Crippen LogP contribution in [-0.4, -0.2) is 36.3 Å². The van der Waals surface area contributed by atoms with Crippen LogP contribution in [0.2, 0.25) is 0 Å². The van der Waals surface area contributed by atoms with E-state index in [1.807, 2.05) is 19.1 Å². The lowest BCUT2D eigenvalue weighted by Gasteiger charge is -2.25. The second-order valence-corrected chi connectivity index (χ2v) is 10.1. The zero-order valence-corrected chi connectivity index (χ0v) is 23.5. The van der Waals surface area contributed by atoms with Gasteiger partial charge in [0.2, 0.25) is 0 Å². The molecule has 0 bridgehead atoms. The minimum atomic E-state index is -0.731. The van der Waals surface area contributed by atoms with Crippen molar-refractivity contribution in [3.8, 4) is 17.2 Å². The van der Waals surface area contributed by atoms with Crippen molar-refractivity contribution in [3.05, 3.63) is 84.5 Å². The Kier molecular flexibility index (Phi) is 8.35. The second kappa shape index (κ2) is 11.7. The Labute approximate surface area is 229 Å². The van der Waals surface area contributed by atoms with Crippen LogP contribution >= 0.6 is 11.3 Å². The summed E-state index contributed by atoms with van der Waals surface area (Å²) in [6.07, 6.45) is 1.38. The fourth-order valence-electron chi connectivity index (χ4n) is 4.24. The average molecular weight is 551 g/mol. The van der Waals surface area contributed by atoms with Gasteiger partial charge in [0.05, 0.1) is 41.7 Å². The van der Waals surface area contributed by atoms with Gasteiger partial charge in [0.15, 0.2) is 16.3 Å². The normalized spacial score (nSPS) is 15.1. The number of allylic oxidation sites excluding steroid dienone is 1. The fraction of sp³-hybridized carbons (Fsp3) is 0.310. The Morgan fingerprint density at radius 3 is 2.46 bits per heavy atom. The first-order chi connectivity index (χ1) is 18.6. The van der Waals surface area contributed by atoms with Crippen molar-refractivity contribution in [2.45, 2.75) is 46.8 Å². The average Bonchev–Trinajstić information content (AvgIpc) is 3.18. The highest BCUT2D eigenvalue weighted by Gasteiger charge is 2.33. The summed E-state index contributed by atoms with van der Waals surface area (Å²) in [7, 11) is 1.57. The molecular formula is C29H30N2O7S. The Balaban J connectivity index is 1.88. The van der Waals surface area contributed by atoms with E-state index in [-0.39, 0.29) is 11.7 Å². The van der Waals surface area contributed by atoms with Crippen LogP contribution in [0.4, 0.5) is 0 Å². The molecule has 1 aromatic heterocycles. The minimum Gasteiger partial charge on any atom is -0.497 e. The summed E-state index contributed by atoms with van der Waals surface area (Å²) in [6.45, 7) is 8.80. The van der Waals surface area contributed by atoms with Crippen LogP contribution in [0.3, 0.4) is 0 Å². The van der Waals surface area contributed by atoms with Crippen molar-refractivity contribution in [3.63, 3.8) is 0 Å². The first-order valence-corrected chi connectivity index (χ1v) is 13.3. The summed E-state index contributed by atoms with van der Waals surface area (Å²) < 4.78 is 23.7. The molecule has 0 aliphatic carbocycles. The quantitative estimate of drug-likeness (QED) is 0.312. The molecule has 3 aromatic rings. The molecule has 0 saturated carbocycles. The molecule has 0 amide bonds. The molecule has 4 rings (SSSR count). The maximum Gasteiger partial charge on any atom is 0.338 e. The molecule has 0 radical (unpaired) electrons. The molecule has 1 atom stereocenters. The maximum absolute atomic E-state index is 13.8. The molecule has 204 valence electrons. The topological polar surface area (TPSA) is 105 Å². The molecule has 0 unspecified atom stereocenters. The van der Waals surface area contributed by atoms with E-state index in [1.54, 1.807) is 64.3 Å². The van der Waals surface area contributed by atoms with Crippen molar-refractivity contribution in [2.75, 3.05) is 13.7 Å². The number of nitrogens with zero attached hydrogens (tertiary/aromatic N) is 2. The number of hydrogen-bond donors (Lipinski definition) is 0. The van der Waals surface area contributed by atoms with Crippen LogP contribution in [0, 0.1) is 0 Å². The van der Waals surface area contributed by atoms with Gasteiger partial charge in [-0.3, -0.25) is 14.2 Å². The van der Waals surface area contributed by atoms with E-state index in [9.17, 15) is 14.4 Å². The van der Waals surface area contributed by atoms with Gasteiger partial charge in [-0.1, -0.05) is 29.5 Å². The molecule has 1 aliphatic rings. The lowest BCUT2D eigenvalue weighted by atomic mass is 9.96. The molecule has 39 heavy (non-hydrogen) atoms. The number of hydrogen-bond acceptors (Lipinski definition) is 9. The number of methoxy groups -OCH3 is 1. The van der Waals surface area contributed by atoms with Gasteiger partial charge >= 0.3 is 11.9 Å². The van der Waals surface area contributed by atoms with Gasteiger partial charge in [0.1, 0.15) is 5.75 Å². The third-order valence-electron chi connectivity index (χ3n) is 5.83. The summed E-state index contributed by atoms with van der Waals surface area (Å²) in [6, 6.07) is 11.5. The highest BCUT2D eigenvalue weighted by molar-refractivity contribution is 7.07. The molecule has 0 N–H and O–H groups in total. The van der Waals surface area contributed by atoms with Crippen molar-refractivity contribution in [1.82, 2.24) is 4.57 Å². The largest absolute Gasteiger partial charge is 0.497 e. The maximum atomic E-state index is 13.8. The predicted octanol–water partition coefficient (Wildman–Crippen LogP) is 3.52. The Hall–Kier alpha value is -4.18. The van der Waals surface area contributed by atoms with Crippen molar-refractivity contribution >= 4 is 29.4 Å². The third kappa shape index (κ3) is 5.96. The van der Waals surface area contributed by atoms with Crippen molar-refractivity contribution < 1.29 is 28.5 Å². The van der Waals surface area contributed by atoms with Gasteiger partial charge in [-0.25, -0.2) is 9.79 Å². The fourth-order valence-corrected chi connectivity index (χ4v) is 5.28. The highest BCUT2D eigenvalue weighted by Crippen LogP contribution is 2.32. The number of rotatable bonds is 8. The van der Waals surface area contributed by atoms with E-state index in [0.717, 1.165) is 5.56 Å². The number of thiazole rings is 1. The Morgan fingerprint density at radius 1 is 1.13 bits per heavy atom. The standard InChI is InChI=1S/C29H30N2O7S/c1-7-36-23-14-19(8-13-22(23)38-18(5)32)15-24-27(33)31-26(20-9-11-21(35-6)12-10-20)25(28(34)37-16(2)3)17(4)30-29(31)39-24/h8-16,26H,7H2,1-6H3/b24-15+/t26-/m1/s1. The first-order valence-electron chi connectivity index (χ1n) is 12.5. The number of carbonyl (C=O) groups excluding carboxylic acids is 2. The smallest absolute Gasteiger partial charge is 0.338 e. The van der Waals surface area contributed by atoms with Crippen LogP contribution in [0.15, 0.2) is 63.5 Å². The van der Waals surface area contributed by atoms with Gasteiger partial charge in [-0.05, 0) is 69.2 Å². The molecule has 2 aromatic carbocycles. The highest BCUT2D eigenvalue weighted by atomic mass is 32.1. The van der Waals surface area contributed by atoms with E-state index in [0.29, 0.717) is 50.0 Å². The van der Waals surface area contributed by atoms with E-state index < -0.39 is 18.0 Å². The van der Waals surface area contributed by atoms with Gasteiger partial charge in [-0.15, -0.1) is 0 Å². The SMILES string of the molecule is CCOc1cc(/C=c2/sc3n(c2=O)[C@H](c2ccc(OC)cc2)C(C(=O)OC(C)C)=C(C)N=3)ccc1OC(C)=O. The third-order valence-corrected chi connectivity index (χ3v) is 6.82. The lowest BCUT2D eigenvalue weighted by Crippen LogP contribution is -2.40. The van der Waals surface area contributed by atoms with E-state index in [2.05, 4.69) is 4.99 Å². The summed E-state index contributed by atoms with van der Waals surface area (Å²) in [4.78, 5) is 43.6. The van der Waals surface area contributed by atoms with Gasteiger partial charge < -0.3 is 18.9 Å². The first kappa shape index (κ1) is 27.8. The number of benzene rings is 2. The molecule has 0 saturated heterocycles. The van der Waals surface area contributed by atoms with E-state index >= 15 is 0 Å². The van der Waals surface area contributed by atoms with Crippen LogP contribution in [0.5, 0.6) is 17.2 Å². The number of esters is 2. The number of aromatic nitrogens is 1. The van der Waals surface area contributed by atoms with Gasteiger partial charge in [0, 0.05) is 6.92 Å². The summed E-state index contributed by atoms with van der Waals surface area (Å²) in [5.41, 5.74) is 1.88.